The molecule has 0 atom stereocenters. The molecular weight excluding hydrogens is 307 g/mol. The Labute approximate surface area is 142 Å². The standard InChI is InChI=1S/C19H23FN2O2/c1-22(2)13-15-6-4-14(5-7-15)12-21-19(23)11-16-8-9-18(24-3)17(20)10-16/h4-10H,11-13H2,1-3H3,(H,21,23)/p+1. The molecule has 128 valence electrons. The molecule has 4 nitrogen and oxygen atoms in total. The highest BCUT2D eigenvalue weighted by molar-refractivity contribution is 5.78. The van der Waals surface area contributed by atoms with E-state index < -0.39 is 5.82 Å². The van der Waals surface area contributed by atoms with Gasteiger partial charge in [-0.05, 0) is 23.3 Å². The van der Waals surface area contributed by atoms with Gasteiger partial charge in [0.15, 0.2) is 11.6 Å². The fourth-order valence-corrected chi connectivity index (χ4v) is 2.45. The van der Waals surface area contributed by atoms with Crippen molar-refractivity contribution in [2.45, 2.75) is 19.5 Å². The van der Waals surface area contributed by atoms with E-state index in [4.69, 9.17) is 4.74 Å². The molecule has 0 radical (unpaired) electrons. The molecule has 5 heteroatoms. The maximum atomic E-state index is 13.6. The first-order valence-electron chi connectivity index (χ1n) is 7.94. The molecule has 0 fully saturated rings. The minimum Gasteiger partial charge on any atom is -0.494 e. The van der Waals surface area contributed by atoms with Crippen LogP contribution in [0.5, 0.6) is 5.75 Å². The number of halogens is 1. The van der Waals surface area contributed by atoms with Gasteiger partial charge in [-0.25, -0.2) is 4.39 Å². The number of carbonyl (C=O) groups excluding carboxylic acids is 1. The summed E-state index contributed by atoms with van der Waals surface area (Å²) in [7, 11) is 5.63. The van der Waals surface area contributed by atoms with Gasteiger partial charge in [-0.1, -0.05) is 30.3 Å². The molecule has 0 bridgehead atoms. The molecule has 2 rings (SSSR count). The lowest BCUT2D eigenvalue weighted by Crippen LogP contribution is -3.04. The normalized spacial score (nSPS) is 10.7. The molecule has 0 unspecified atom stereocenters. The summed E-state index contributed by atoms with van der Waals surface area (Å²) in [6.07, 6.45) is 0.142. The monoisotopic (exact) mass is 331 g/mol. The molecule has 0 aromatic heterocycles. The number of quaternary nitrogens is 1. The van der Waals surface area contributed by atoms with Crippen LogP contribution in [-0.2, 0) is 24.3 Å². The predicted octanol–water partition coefficient (Wildman–Crippen LogP) is 1.34. The largest absolute Gasteiger partial charge is 0.494 e. The predicted molar refractivity (Wildman–Crippen MR) is 91.5 cm³/mol. The van der Waals surface area contributed by atoms with Crippen molar-refractivity contribution in [1.82, 2.24) is 5.32 Å². The molecule has 2 aromatic rings. The van der Waals surface area contributed by atoms with Crippen molar-refractivity contribution in [3.63, 3.8) is 0 Å². The number of rotatable bonds is 7. The smallest absolute Gasteiger partial charge is 0.224 e. The van der Waals surface area contributed by atoms with Crippen molar-refractivity contribution < 1.29 is 18.8 Å². The SMILES string of the molecule is COc1ccc(CC(=O)NCc2ccc(C[NH+](C)C)cc2)cc1F. The van der Waals surface area contributed by atoms with Gasteiger partial charge < -0.3 is 15.0 Å². The third-order valence-electron chi connectivity index (χ3n) is 3.65. The summed E-state index contributed by atoms with van der Waals surface area (Å²) in [4.78, 5) is 13.4. The summed E-state index contributed by atoms with van der Waals surface area (Å²) in [5.74, 6) is -0.415. The van der Waals surface area contributed by atoms with E-state index >= 15 is 0 Å². The van der Waals surface area contributed by atoms with Crippen molar-refractivity contribution in [2.24, 2.45) is 0 Å². The van der Waals surface area contributed by atoms with E-state index in [2.05, 4.69) is 31.5 Å². The Morgan fingerprint density at radius 3 is 2.29 bits per heavy atom. The van der Waals surface area contributed by atoms with Crippen LogP contribution in [0.3, 0.4) is 0 Å². The van der Waals surface area contributed by atoms with E-state index in [0.29, 0.717) is 12.1 Å². The van der Waals surface area contributed by atoms with E-state index in [1.165, 1.54) is 29.7 Å². The topological polar surface area (TPSA) is 42.8 Å². The van der Waals surface area contributed by atoms with Crippen molar-refractivity contribution in [2.75, 3.05) is 21.2 Å². The van der Waals surface area contributed by atoms with Crippen LogP contribution in [0.25, 0.3) is 0 Å². The Balaban J connectivity index is 1.85. The van der Waals surface area contributed by atoms with Crippen LogP contribution in [0, 0.1) is 5.82 Å². The molecule has 2 aromatic carbocycles. The first-order valence-corrected chi connectivity index (χ1v) is 7.94. The summed E-state index contributed by atoms with van der Waals surface area (Å²) in [5.41, 5.74) is 2.93. The lowest BCUT2D eigenvalue weighted by molar-refractivity contribution is -0.872. The van der Waals surface area contributed by atoms with Gasteiger partial charge in [0.1, 0.15) is 6.54 Å². The highest BCUT2D eigenvalue weighted by atomic mass is 19.1. The fourth-order valence-electron chi connectivity index (χ4n) is 2.45. The molecule has 0 saturated heterocycles. The van der Waals surface area contributed by atoms with Crippen LogP contribution >= 0.6 is 0 Å². The number of amides is 1. The fraction of sp³-hybridized carbons (Fsp3) is 0.316. The minimum atomic E-state index is -0.457. The van der Waals surface area contributed by atoms with E-state index in [0.717, 1.165) is 12.1 Å². The second-order valence-electron chi connectivity index (χ2n) is 6.12. The third kappa shape index (κ3) is 5.35. The summed E-state index contributed by atoms with van der Waals surface area (Å²) < 4.78 is 18.5. The molecular formula is C19H24FN2O2+. The van der Waals surface area contributed by atoms with Crippen LogP contribution in [0.4, 0.5) is 4.39 Å². The maximum Gasteiger partial charge on any atom is 0.224 e. The molecule has 0 aliphatic heterocycles. The summed E-state index contributed by atoms with van der Waals surface area (Å²) >= 11 is 0. The van der Waals surface area contributed by atoms with E-state index in [1.807, 2.05) is 12.1 Å². The van der Waals surface area contributed by atoms with Crippen LogP contribution in [-0.4, -0.2) is 27.1 Å². The second-order valence-corrected chi connectivity index (χ2v) is 6.12. The average molecular weight is 331 g/mol. The molecule has 24 heavy (non-hydrogen) atoms. The van der Waals surface area contributed by atoms with Gasteiger partial charge in [0.05, 0.1) is 27.6 Å². The summed E-state index contributed by atoms with van der Waals surface area (Å²) in [5, 5.41) is 2.86. The molecule has 1 amide bonds. The van der Waals surface area contributed by atoms with Crippen LogP contribution in [0.15, 0.2) is 42.5 Å². The van der Waals surface area contributed by atoms with Gasteiger partial charge in [0, 0.05) is 12.1 Å². The number of methoxy groups -OCH3 is 1. The number of hydrogen-bond donors (Lipinski definition) is 2. The lowest BCUT2D eigenvalue weighted by atomic mass is 10.1. The Morgan fingerprint density at radius 1 is 1.08 bits per heavy atom. The molecule has 2 N–H and O–H groups in total. The molecule has 0 aliphatic rings. The lowest BCUT2D eigenvalue weighted by Gasteiger charge is -2.09. The van der Waals surface area contributed by atoms with Crippen LogP contribution < -0.4 is 15.0 Å². The highest BCUT2D eigenvalue weighted by Crippen LogP contribution is 2.17. The number of nitrogens with one attached hydrogen (secondary N) is 2. The zero-order valence-corrected chi connectivity index (χ0v) is 14.4. The number of ether oxygens (including phenoxy) is 1. The van der Waals surface area contributed by atoms with Crippen LogP contribution in [0.1, 0.15) is 16.7 Å². The first-order chi connectivity index (χ1) is 11.5. The third-order valence-corrected chi connectivity index (χ3v) is 3.65. The average Bonchev–Trinajstić information content (AvgIpc) is 2.54. The molecule has 0 aliphatic carbocycles. The van der Waals surface area contributed by atoms with E-state index in [1.54, 1.807) is 6.07 Å². The Morgan fingerprint density at radius 2 is 1.71 bits per heavy atom. The highest BCUT2D eigenvalue weighted by Gasteiger charge is 2.08. The first kappa shape index (κ1) is 17.9. The molecule has 0 saturated carbocycles. The van der Waals surface area contributed by atoms with Crippen molar-refractivity contribution >= 4 is 5.91 Å². The second kappa shape index (κ2) is 8.45. The number of benzene rings is 2. The summed E-state index contributed by atoms with van der Waals surface area (Å²) in [6, 6.07) is 12.7. The summed E-state index contributed by atoms with van der Waals surface area (Å²) in [6.45, 7) is 1.43. The van der Waals surface area contributed by atoms with Gasteiger partial charge in [0.25, 0.3) is 0 Å². The van der Waals surface area contributed by atoms with Crippen molar-refractivity contribution in [1.29, 1.82) is 0 Å². The number of carbonyl (C=O) groups is 1. The number of hydrogen-bond acceptors (Lipinski definition) is 2. The van der Waals surface area contributed by atoms with E-state index in [9.17, 15) is 9.18 Å². The van der Waals surface area contributed by atoms with Gasteiger partial charge >= 0.3 is 0 Å². The zero-order chi connectivity index (χ0) is 17.5. The molecule has 0 spiro atoms. The van der Waals surface area contributed by atoms with Gasteiger partial charge in [-0.2, -0.15) is 0 Å². The van der Waals surface area contributed by atoms with Gasteiger partial charge in [-0.3, -0.25) is 4.79 Å². The Bertz CT molecular complexity index is 684. The maximum absolute atomic E-state index is 13.6. The van der Waals surface area contributed by atoms with Gasteiger partial charge in [-0.15, -0.1) is 0 Å². The zero-order valence-electron chi connectivity index (χ0n) is 14.4. The van der Waals surface area contributed by atoms with Gasteiger partial charge in [0.2, 0.25) is 5.91 Å². The minimum absolute atomic E-state index is 0.138. The van der Waals surface area contributed by atoms with Crippen molar-refractivity contribution in [3.8, 4) is 5.75 Å². The molecule has 0 heterocycles. The van der Waals surface area contributed by atoms with E-state index in [-0.39, 0.29) is 18.1 Å². The quantitative estimate of drug-likeness (QED) is 0.804. The Kier molecular flexibility index (Phi) is 6.32. The Hall–Kier alpha value is -2.40. The van der Waals surface area contributed by atoms with Crippen molar-refractivity contribution in [3.05, 3.63) is 65.0 Å². The van der Waals surface area contributed by atoms with Crippen LogP contribution in [0.2, 0.25) is 0 Å².